The van der Waals surface area contributed by atoms with Gasteiger partial charge >= 0.3 is 5.97 Å². The van der Waals surface area contributed by atoms with E-state index in [2.05, 4.69) is 0 Å². The lowest BCUT2D eigenvalue weighted by Gasteiger charge is -2.21. The average molecular weight is 291 g/mol. The van der Waals surface area contributed by atoms with E-state index < -0.39 is 12.0 Å². The van der Waals surface area contributed by atoms with Crippen LogP contribution in [-0.4, -0.2) is 42.1 Å². The third-order valence-electron chi connectivity index (χ3n) is 3.54. The van der Waals surface area contributed by atoms with Crippen LogP contribution >= 0.6 is 0 Å². The lowest BCUT2D eigenvalue weighted by Crippen LogP contribution is -2.40. The smallest absolute Gasteiger partial charge is 0.326 e. The monoisotopic (exact) mass is 291 g/mol. The van der Waals surface area contributed by atoms with E-state index in [4.69, 9.17) is 14.3 Å². The highest BCUT2D eigenvalue weighted by Gasteiger charge is 2.22. The van der Waals surface area contributed by atoms with Crippen LogP contribution in [0.25, 0.3) is 11.0 Å². The maximum absolute atomic E-state index is 12.1. The summed E-state index contributed by atoms with van der Waals surface area (Å²) in [4.78, 5) is 24.2. The van der Waals surface area contributed by atoms with E-state index in [9.17, 15) is 9.59 Å². The minimum Gasteiger partial charge on any atom is -0.497 e. The molecule has 6 heteroatoms. The number of hydrogen-bond donors (Lipinski definition) is 1. The second-order valence-corrected chi connectivity index (χ2v) is 4.82. The van der Waals surface area contributed by atoms with Crippen molar-refractivity contribution in [3.8, 4) is 5.75 Å². The Kier molecular flexibility index (Phi) is 4.16. The predicted molar refractivity (Wildman–Crippen MR) is 76.3 cm³/mol. The summed E-state index contributed by atoms with van der Waals surface area (Å²) in [6, 6.07) is 4.49. The van der Waals surface area contributed by atoms with Gasteiger partial charge in [-0.05, 0) is 19.1 Å². The van der Waals surface area contributed by atoms with Gasteiger partial charge in [0.15, 0.2) is 0 Å². The molecule has 0 spiro atoms. The number of carboxylic acid groups (broad SMARTS) is 1. The second-order valence-electron chi connectivity index (χ2n) is 4.82. The molecule has 1 atom stereocenters. The van der Waals surface area contributed by atoms with Crippen molar-refractivity contribution in [2.24, 2.45) is 0 Å². The summed E-state index contributed by atoms with van der Waals surface area (Å²) >= 11 is 0. The van der Waals surface area contributed by atoms with E-state index in [1.165, 1.54) is 25.1 Å². The van der Waals surface area contributed by atoms with Gasteiger partial charge in [0.2, 0.25) is 5.91 Å². The predicted octanol–water partition coefficient (Wildman–Crippen LogP) is 1.92. The minimum absolute atomic E-state index is 0.0907. The van der Waals surface area contributed by atoms with Crippen molar-refractivity contribution in [1.82, 2.24) is 4.90 Å². The summed E-state index contributed by atoms with van der Waals surface area (Å²) in [5, 5.41) is 9.75. The van der Waals surface area contributed by atoms with Crippen molar-refractivity contribution in [2.75, 3.05) is 14.2 Å². The molecule has 0 radical (unpaired) electrons. The number of fused-ring (bicyclic) bond motifs is 1. The SMILES string of the molecule is COc1ccc2c(CC(=O)N(C)C(C)C(=O)O)coc2c1. The van der Waals surface area contributed by atoms with Gasteiger partial charge in [-0.1, -0.05) is 0 Å². The van der Waals surface area contributed by atoms with Crippen LogP contribution in [0.15, 0.2) is 28.9 Å². The Morgan fingerprint density at radius 1 is 1.43 bits per heavy atom. The van der Waals surface area contributed by atoms with Crippen molar-refractivity contribution >= 4 is 22.8 Å². The van der Waals surface area contributed by atoms with Gasteiger partial charge in [0.1, 0.15) is 17.4 Å². The summed E-state index contributed by atoms with van der Waals surface area (Å²) in [5.74, 6) is -0.637. The summed E-state index contributed by atoms with van der Waals surface area (Å²) in [7, 11) is 3.04. The molecule has 0 aliphatic heterocycles. The van der Waals surface area contributed by atoms with Gasteiger partial charge in [-0.3, -0.25) is 4.79 Å². The third-order valence-corrected chi connectivity index (χ3v) is 3.54. The first kappa shape index (κ1) is 14.9. The zero-order chi connectivity index (χ0) is 15.6. The normalized spacial score (nSPS) is 12.1. The number of amides is 1. The summed E-state index contributed by atoms with van der Waals surface area (Å²) in [6.07, 6.45) is 1.61. The number of carboxylic acids is 1. The number of ether oxygens (including phenoxy) is 1. The van der Waals surface area contributed by atoms with Crippen molar-refractivity contribution < 1.29 is 23.8 Å². The molecule has 21 heavy (non-hydrogen) atoms. The fourth-order valence-electron chi connectivity index (χ4n) is 2.00. The molecule has 1 aromatic heterocycles. The van der Waals surface area contributed by atoms with E-state index in [1.54, 1.807) is 19.2 Å². The Morgan fingerprint density at radius 3 is 2.76 bits per heavy atom. The van der Waals surface area contributed by atoms with E-state index in [0.29, 0.717) is 11.3 Å². The zero-order valence-corrected chi connectivity index (χ0v) is 12.1. The van der Waals surface area contributed by atoms with Crippen LogP contribution in [0.4, 0.5) is 0 Å². The van der Waals surface area contributed by atoms with Gasteiger partial charge in [-0.25, -0.2) is 4.79 Å². The highest BCUT2D eigenvalue weighted by atomic mass is 16.5. The number of furan rings is 1. The molecular weight excluding hydrogens is 274 g/mol. The molecule has 2 rings (SSSR count). The van der Waals surface area contributed by atoms with E-state index in [0.717, 1.165) is 10.9 Å². The molecule has 112 valence electrons. The van der Waals surface area contributed by atoms with Crippen molar-refractivity contribution in [2.45, 2.75) is 19.4 Å². The van der Waals surface area contributed by atoms with Crippen LogP contribution in [0.5, 0.6) is 5.75 Å². The topological polar surface area (TPSA) is 80.0 Å². The largest absolute Gasteiger partial charge is 0.497 e. The Morgan fingerprint density at radius 2 is 2.14 bits per heavy atom. The Hall–Kier alpha value is -2.50. The molecule has 1 N–H and O–H groups in total. The van der Waals surface area contributed by atoms with Crippen LogP contribution in [0.3, 0.4) is 0 Å². The minimum atomic E-state index is -1.03. The Bertz CT molecular complexity index is 676. The first-order valence-corrected chi connectivity index (χ1v) is 6.46. The van der Waals surface area contributed by atoms with Gasteiger partial charge in [0.25, 0.3) is 0 Å². The number of carbonyl (C=O) groups is 2. The zero-order valence-electron chi connectivity index (χ0n) is 12.1. The number of benzene rings is 1. The van der Waals surface area contributed by atoms with Crippen molar-refractivity contribution in [3.05, 3.63) is 30.0 Å². The lowest BCUT2D eigenvalue weighted by atomic mass is 10.1. The summed E-state index contributed by atoms with van der Waals surface area (Å²) in [5.41, 5.74) is 1.35. The molecule has 0 saturated heterocycles. The summed E-state index contributed by atoms with van der Waals surface area (Å²) < 4.78 is 10.5. The standard InChI is InChI=1S/C15H17NO5/c1-9(15(18)19)16(2)14(17)6-10-8-21-13-7-11(20-3)4-5-12(10)13/h4-5,7-9H,6H2,1-3H3,(H,18,19). The van der Waals surface area contributed by atoms with Crippen LogP contribution < -0.4 is 4.74 Å². The molecule has 0 bridgehead atoms. The van der Waals surface area contributed by atoms with Gasteiger partial charge in [-0.2, -0.15) is 0 Å². The maximum Gasteiger partial charge on any atom is 0.326 e. The number of nitrogens with zero attached hydrogens (tertiary/aromatic N) is 1. The molecule has 0 saturated carbocycles. The summed E-state index contributed by atoms with van der Waals surface area (Å²) in [6.45, 7) is 1.47. The average Bonchev–Trinajstić information content (AvgIpc) is 2.87. The maximum atomic E-state index is 12.1. The van der Waals surface area contributed by atoms with Crippen LogP contribution in [-0.2, 0) is 16.0 Å². The number of carbonyl (C=O) groups excluding carboxylic acids is 1. The Balaban J connectivity index is 2.20. The molecule has 1 heterocycles. The molecule has 2 aromatic rings. The van der Waals surface area contributed by atoms with E-state index in [-0.39, 0.29) is 12.3 Å². The van der Waals surface area contributed by atoms with Crippen LogP contribution in [0.1, 0.15) is 12.5 Å². The molecule has 0 fully saturated rings. The highest BCUT2D eigenvalue weighted by Crippen LogP contribution is 2.26. The van der Waals surface area contributed by atoms with Gasteiger partial charge in [0.05, 0.1) is 19.8 Å². The third kappa shape index (κ3) is 2.99. The van der Waals surface area contributed by atoms with Gasteiger partial charge < -0.3 is 19.2 Å². The number of rotatable bonds is 5. The van der Waals surface area contributed by atoms with Gasteiger partial charge in [0, 0.05) is 24.1 Å². The fraction of sp³-hybridized carbons (Fsp3) is 0.333. The van der Waals surface area contributed by atoms with Gasteiger partial charge in [-0.15, -0.1) is 0 Å². The van der Waals surface area contributed by atoms with E-state index in [1.807, 2.05) is 6.07 Å². The molecule has 1 amide bonds. The molecular formula is C15H17NO5. The molecule has 6 nitrogen and oxygen atoms in total. The van der Waals surface area contributed by atoms with Crippen molar-refractivity contribution in [1.29, 1.82) is 0 Å². The van der Waals surface area contributed by atoms with Crippen LogP contribution in [0, 0.1) is 0 Å². The first-order chi connectivity index (χ1) is 9.93. The first-order valence-electron chi connectivity index (χ1n) is 6.46. The lowest BCUT2D eigenvalue weighted by molar-refractivity contribution is -0.147. The highest BCUT2D eigenvalue weighted by molar-refractivity contribution is 5.90. The number of likely N-dealkylation sites (N-methyl/N-ethyl adjacent to an activating group) is 1. The number of aliphatic carboxylic acids is 1. The fourth-order valence-corrected chi connectivity index (χ4v) is 2.00. The van der Waals surface area contributed by atoms with Crippen molar-refractivity contribution in [3.63, 3.8) is 0 Å². The molecule has 0 aliphatic carbocycles. The molecule has 1 aromatic carbocycles. The quantitative estimate of drug-likeness (QED) is 0.910. The molecule has 1 unspecified atom stereocenters. The van der Waals surface area contributed by atoms with E-state index >= 15 is 0 Å². The second kappa shape index (κ2) is 5.87. The number of methoxy groups -OCH3 is 1. The number of hydrogen-bond acceptors (Lipinski definition) is 4. The van der Waals surface area contributed by atoms with Crippen LogP contribution in [0.2, 0.25) is 0 Å². The Labute approximate surface area is 121 Å². The molecule has 0 aliphatic rings.